The molecule has 1 aromatic heterocycles. The molecule has 0 amide bonds. The lowest BCUT2D eigenvalue weighted by Crippen LogP contribution is -2.16. The third-order valence-electron chi connectivity index (χ3n) is 9.23. The van der Waals surface area contributed by atoms with Gasteiger partial charge in [0.15, 0.2) is 0 Å². The molecule has 44 heavy (non-hydrogen) atoms. The maximum atomic E-state index is 6.65. The van der Waals surface area contributed by atoms with Crippen molar-refractivity contribution in [3.05, 3.63) is 94.5 Å². The first kappa shape index (κ1) is 32.1. The lowest BCUT2D eigenvalue weighted by atomic mass is 9.77. The smallest absolute Gasteiger partial charge is 0.136 e. The van der Waals surface area contributed by atoms with Crippen LogP contribution >= 0.6 is 0 Å². The van der Waals surface area contributed by atoms with Gasteiger partial charge in [-0.3, -0.25) is 0 Å². The summed E-state index contributed by atoms with van der Waals surface area (Å²) in [5.74, 6) is 0.310. The number of rotatable bonds is 3. The molecular formula is C43H54O. The third kappa shape index (κ3) is 6.00. The average molecular weight is 587 g/mol. The SMILES string of the molecule is CC(C)c1c(-c2cc(C(C)(C)C)cc(C(C)(C)C)c2)ccc2oc3cccc(-c4cc(C(C)(C)C)cc(C(C)(C)C)c4)c3c12. The van der Waals surface area contributed by atoms with Crippen LogP contribution in [0.15, 0.2) is 71.1 Å². The van der Waals surface area contributed by atoms with E-state index in [0.29, 0.717) is 5.92 Å². The molecule has 0 unspecified atom stereocenters. The summed E-state index contributed by atoms with van der Waals surface area (Å²) in [4.78, 5) is 0. The first-order valence-corrected chi connectivity index (χ1v) is 16.5. The molecule has 0 spiro atoms. The zero-order valence-corrected chi connectivity index (χ0v) is 29.8. The largest absolute Gasteiger partial charge is 0.456 e. The van der Waals surface area contributed by atoms with Gasteiger partial charge in [0.05, 0.1) is 0 Å². The highest BCUT2D eigenvalue weighted by Crippen LogP contribution is 2.46. The van der Waals surface area contributed by atoms with Crippen LogP contribution in [0.25, 0.3) is 44.2 Å². The van der Waals surface area contributed by atoms with Gasteiger partial charge in [-0.2, -0.15) is 0 Å². The Morgan fingerprint density at radius 2 is 0.864 bits per heavy atom. The molecule has 5 aromatic rings. The maximum Gasteiger partial charge on any atom is 0.136 e. The van der Waals surface area contributed by atoms with Crippen LogP contribution in [0.1, 0.15) is 131 Å². The summed E-state index contributed by atoms with van der Waals surface area (Å²) >= 11 is 0. The summed E-state index contributed by atoms with van der Waals surface area (Å²) in [6.07, 6.45) is 0. The van der Waals surface area contributed by atoms with E-state index in [0.717, 1.165) is 11.2 Å². The number of benzene rings is 4. The van der Waals surface area contributed by atoms with Crippen molar-refractivity contribution in [2.24, 2.45) is 0 Å². The molecule has 0 N–H and O–H groups in total. The molecule has 0 fully saturated rings. The van der Waals surface area contributed by atoms with Gasteiger partial charge in [0.25, 0.3) is 0 Å². The second kappa shape index (κ2) is 10.6. The standard InChI is InChI=1S/C43H54O/c1-26(2)37-34(28-22-31(42(9,10)11)25-32(23-28)43(12,13)14)18-19-36-39(37)38-33(16-15-17-35(38)44-36)27-20-29(40(3,4)5)24-30(21-27)41(6,7)8/h15-26H,1-14H3. The second-order valence-corrected chi connectivity index (χ2v) is 17.4. The molecular weight excluding hydrogens is 532 g/mol. The normalized spacial score (nSPS) is 13.4. The van der Waals surface area contributed by atoms with Gasteiger partial charge in [0.1, 0.15) is 11.2 Å². The maximum absolute atomic E-state index is 6.65. The predicted octanol–water partition coefficient (Wildman–Crippen LogP) is 13.2. The van der Waals surface area contributed by atoms with Gasteiger partial charge in [-0.05, 0) is 89.8 Å². The van der Waals surface area contributed by atoms with Gasteiger partial charge in [-0.1, -0.05) is 152 Å². The van der Waals surface area contributed by atoms with Crippen molar-refractivity contribution in [2.75, 3.05) is 0 Å². The van der Waals surface area contributed by atoms with Crippen LogP contribution in [0, 0.1) is 0 Å². The zero-order chi connectivity index (χ0) is 32.6. The van der Waals surface area contributed by atoms with Crippen molar-refractivity contribution in [3.63, 3.8) is 0 Å². The lowest BCUT2D eigenvalue weighted by Gasteiger charge is -2.27. The monoisotopic (exact) mass is 586 g/mol. The summed E-state index contributed by atoms with van der Waals surface area (Å²) in [6, 6.07) is 25.6. The Morgan fingerprint density at radius 1 is 0.455 bits per heavy atom. The first-order chi connectivity index (χ1) is 20.2. The minimum atomic E-state index is 0.0431. The van der Waals surface area contributed by atoms with E-state index in [1.54, 1.807) is 0 Å². The highest BCUT2D eigenvalue weighted by molar-refractivity contribution is 6.15. The lowest BCUT2D eigenvalue weighted by molar-refractivity contribution is 0.568. The number of furan rings is 1. The molecule has 0 bridgehead atoms. The summed E-state index contributed by atoms with van der Waals surface area (Å²) in [6.45, 7) is 32.4. The van der Waals surface area contributed by atoms with Gasteiger partial charge in [-0.15, -0.1) is 0 Å². The van der Waals surface area contributed by atoms with Crippen LogP contribution in [-0.4, -0.2) is 0 Å². The molecule has 5 rings (SSSR count). The van der Waals surface area contributed by atoms with Crippen LogP contribution in [0.2, 0.25) is 0 Å². The van der Waals surface area contributed by atoms with Gasteiger partial charge in [0.2, 0.25) is 0 Å². The summed E-state index contributed by atoms with van der Waals surface area (Å²) in [7, 11) is 0. The Kier molecular flexibility index (Phi) is 7.76. The Morgan fingerprint density at radius 3 is 1.27 bits per heavy atom. The molecule has 4 aromatic carbocycles. The fourth-order valence-electron chi connectivity index (χ4n) is 6.33. The van der Waals surface area contributed by atoms with E-state index in [9.17, 15) is 0 Å². The Hall–Kier alpha value is -3.32. The van der Waals surface area contributed by atoms with Crippen LogP contribution in [0.3, 0.4) is 0 Å². The van der Waals surface area contributed by atoms with Gasteiger partial charge >= 0.3 is 0 Å². The Balaban J connectivity index is 1.89. The Bertz CT molecular complexity index is 1780. The summed E-state index contributed by atoms with van der Waals surface area (Å²) in [5.41, 5.74) is 14.1. The molecule has 0 aliphatic carbocycles. The highest BCUT2D eigenvalue weighted by Gasteiger charge is 2.26. The molecule has 0 radical (unpaired) electrons. The van der Waals surface area contributed by atoms with Crippen LogP contribution in [0.4, 0.5) is 0 Å². The van der Waals surface area contributed by atoms with Gasteiger partial charge in [0, 0.05) is 10.8 Å². The molecule has 1 heteroatoms. The van der Waals surface area contributed by atoms with E-state index in [-0.39, 0.29) is 21.7 Å². The van der Waals surface area contributed by atoms with Gasteiger partial charge in [-0.25, -0.2) is 0 Å². The zero-order valence-electron chi connectivity index (χ0n) is 29.8. The van der Waals surface area contributed by atoms with Crippen LogP contribution < -0.4 is 0 Å². The van der Waals surface area contributed by atoms with E-state index in [2.05, 4.69) is 164 Å². The van der Waals surface area contributed by atoms with Crippen molar-refractivity contribution >= 4 is 21.9 Å². The topological polar surface area (TPSA) is 13.1 Å². The predicted molar refractivity (Wildman–Crippen MR) is 193 cm³/mol. The molecule has 232 valence electrons. The fraction of sp³-hybridized carbons (Fsp3) is 0.442. The number of fused-ring (bicyclic) bond motifs is 3. The highest BCUT2D eigenvalue weighted by atomic mass is 16.3. The van der Waals surface area contributed by atoms with Crippen LogP contribution in [0.5, 0.6) is 0 Å². The van der Waals surface area contributed by atoms with E-state index in [1.165, 1.54) is 60.8 Å². The van der Waals surface area contributed by atoms with Crippen molar-refractivity contribution in [1.29, 1.82) is 0 Å². The quantitative estimate of drug-likeness (QED) is 0.205. The van der Waals surface area contributed by atoms with Crippen molar-refractivity contribution < 1.29 is 4.42 Å². The van der Waals surface area contributed by atoms with Crippen molar-refractivity contribution in [2.45, 2.75) is 125 Å². The minimum Gasteiger partial charge on any atom is -0.456 e. The molecule has 1 heterocycles. The third-order valence-corrected chi connectivity index (χ3v) is 9.23. The van der Waals surface area contributed by atoms with E-state index < -0.39 is 0 Å². The van der Waals surface area contributed by atoms with Gasteiger partial charge < -0.3 is 4.42 Å². The number of hydrogen-bond acceptors (Lipinski definition) is 1. The van der Waals surface area contributed by atoms with E-state index in [4.69, 9.17) is 4.42 Å². The summed E-state index contributed by atoms with van der Waals surface area (Å²) < 4.78 is 6.65. The minimum absolute atomic E-state index is 0.0431. The second-order valence-electron chi connectivity index (χ2n) is 17.4. The first-order valence-electron chi connectivity index (χ1n) is 16.5. The summed E-state index contributed by atoms with van der Waals surface area (Å²) in [5, 5.41) is 2.47. The van der Waals surface area contributed by atoms with Crippen molar-refractivity contribution in [3.8, 4) is 22.3 Å². The molecule has 0 saturated carbocycles. The molecule has 0 atom stereocenters. The Labute approximate surface area is 267 Å². The van der Waals surface area contributed by atoms with Crippen molar-refractivity contribution in [1.82, 2.24) is 0 Å². The molecule has 0 aliphatic heterocycles. The molecule has 0 saturated heterocycles. The number of hydrogen-bond donors (Lipinski definition) is 0. The van der Waals surface area contributed by atoms with E-state index >= 15 is 0 Å². The molecule has 0 aliphatic rings. The van der Waals surface area contributed by atoms with Crippen LogP contribution in [-0.2, 0) is 21.7 Å². The fourth-order valence-corrected chi connectivity index (χ4v) is 6.33. The molecule has 1 nitrogen and oxygen atoms in total. The van der Waals surface area contributed by atoms with E-state index in [1.807, 2.05) is 0 Å². The average Bonchev–Trinajstić information content (AvgIpc) is 3.28.